The summed E-state index contributed by atoms with van der Waals surface area (Å²) >= 11 is 0. The Balaban J connectivity index is 1.54. The second kappa shape index (κ2) is 6.56. The van der Waals surface area contributed by atoms with E-state index >= 15 is 4.39 Å². The molecule has 1 aliphatic heterocycles. The maximum atomic E-state index is 17.0. The van der Waals surface area contributed by atoms with Crippen LogP contribution in [0.15, 0.2) is 23.8 Å². The number of fused-ring (bicyclic) bond motifs is 4. The first kappa shape index (κ1) is 22.3. The van der Waals surface area contributed by atoms with Gasteiger partial charge >= 0.3 is 0 Å². The second-order valence-electron chi connectivity index (χ2n) is 10.2. The van der Waals surface area contributed by atoms with E-state index in [2.05, 4.69) is 4.18 Å². The van der Waals surface area contributed by atoms with E-state index in [1.54, 1.807) is 13.0 Å². The summed E-state index contributed by atoms with van der Waals surface area (Å²) in [5.74, 6) is -2.05. The fourth-order valence-corrected chi connectivity index (χ4v) is 7.82. The van der Waals surface area contributed by atoms with Gasteiger partial charge in [-0.15, -0.1) is 0 Å². The van der Waals surface area contributed by atoms with E-state index in [0.29, 0.717) is 18.4 Å². The Morgan fingerprint density at radius 3 is 2.66 bits per heavy atom. The highest BCUT2D eigenvalue weighted by Gasteiger charge is 2.82. The number of aliphatic hydroxyl groups is 2. The van der Waals surface area contributed by atoms with Gasteiger partial charge in [-0.1, -0.05) is 11.6 Å². The largest absolute Gasteiger partial charge is 0.390 e. The average molecular weight is 471 g/mol. The number of alkyl halides is 1. The second-order valence-corrected chi connectivity index (χ2v) is 11.8. The Morgan fingerprint density at radius 1 is 1.31 bits per heavy atom. The fraction of sp³-hybridized carbons (Fsp3) is 0.727. The SMILES string of the molecule is C[C@]12C=CC(=O)C=C1CC[C@H]1[C@@H]3C[C@@H](O)[C@@]4(C(=O)COS(C)(=O)=O)OC[C@]34C[C@H](O)[C@@]12F. The van der Waals surface area contributed by atoms with Crippen molar-refractivity contribution >= 4 is 21.7 Å². The summed E-state index contributed by atoms with van der Waals surface area (Å²) in [5.41, 5.74) is -5.33. The Bertz CT molecular complexity index is 1070. The summed E-state index contributed by atoms with van der Waals surface area (Å²) in [6.07, 6.45) is 3.23. The van der Waals surface area contributed by atoms with Crippen molar-refractivity contribution in [1.29, 1.82) is 0 Å². The van der Waals surface area contributed by atoms with Crippen molar-refractivity contribution in [2.75, 3.05) is 19.5 Å². The van der Waals surface area contributed by atoms with Crippen LogP contribution >= 0.6 is 0 Å². The molecule has 1 spiro atoms. The van der Waals surface area contributed by atoms with Gasteiger partial charge < -0.3 is 14.9 Å². The van der Waals surface area contributed by atoms with Crippen LogP contribution in [0.5, 0.6) is 0 Å². The molecule has 1 saturated heterocycles. The highest BCUT2D eigenvalue weighted by molar-refractivity contribution is 7.86. The number of allylic oxidation sites excluding steroid dienone is 4. The molecule has 0 aromatic heterocycles. The molecule has 2 N–H and O–H groups in total. The van der Waals surface area contributed by atoms with E-state index < -0.39 is 68.7 Å². The Labute approximate surface area is 185 Å². The first-order valence-electron chi connectivity index (χ1n) is 10.8. The van der Waals surface area contributed by atoms with Crippen molar-refractivity contribution in [1.82, 2.24) is 0 Å². The molecular weight excluding hydrogens is 443 g/mol. The van der Waals surface area contributed by atoms with E-state index in [0.717, 1.165) is 6.26 Å². The molecule has 0 amide bonds. The number of ether oxygens (including phenoxy) is 1. The standard InChI is InChI=1S/C22H27FO8S/c1-19-6-5-13(24)7-12(19)3-4-14-15-8-16(25)22(18(27)10-31-32(2,28)29)20(15,11-30-22)9-17(26)21(14,19)23/h5-7,14-17,25-26H,3-4,8-11H2,1-2H3/t14-,15-,16+,17-,19-,20+,21-,22-/m0/s1. The molecular formula is C22H27FO8S. The zero-order chi connectivity index (χ0) is 23.3. The first-order valence-corrected chi connectivity index (χ1v) is 12.6. The molecule has 0 bridgehead atoms. The molecule has 1 heterocycles. The average Bonchev–Trinajstić information content (AvgIpc) is 2.85. The minimum Gasteiger partial charge on any atom is -0.390 e. The van der Waals surface area contributed by atoms with Crippen molar-refractivity contribution in [3.63, 3.8) is 0 Å². The zero-order valence-electron chi connectivity index (χ0n) is 17.9. The van der Waals surface area contributed by atoms with Crippen LogP contribution < -0.4 is 0 Å². The van der Waals surface area contributed by atoms with Gasteiger partial charge in [-0.2, -0.15) is 8.42 Å². The van der Waals surface area contributed by atoms with Gasteiger partial charge in [0.05, 0.1) is 25.1 Å². The topological polar surface area (TPSA) is 127 Å². The lowest BCUT2D eigenvalue weighted by molar-refractivity contribution is -0.314. The lowest BCUT2D eigenvalue weighted by Gasteiger charge is -2.66. The van der Waals surface area contributed by atoms with Crippen LogP contribution in [0.25, 0.3) is 0 Å². The number of ketones is 2. The Hall–Kier alpha value is -1.46. The molecule has 8 atom stereocenters. The summed E-state index contributed by atoms with van der Waals surface area (Å²) in [7, 11) is -3.89. The van der Waals surface area contributed by atoms with Crippen molar-refractivity contribution in [3.05, 3.63) is 23.8 Å². The minimum absolute atomic E-state index is 0.0662. The van der Waals surface area contributed by atoms with Gasteiger partial charge in [0, 0.05) is 16.7 Å². The van der Waals surface area contributed by atoms with Crippen LogP contribution in [0, 0.1) is 22.7 Å². The molecule has 0 aromatic rings. The van der Waals surface area contributed by atoms with Crippen LogP contribution in [0.2, 0.25) is 0 Å². The molecule has 4 aliphatic carbocycles. The van der Waals surface area contributed by atoms with Crippen LogP contribution in [-0.4, -0.2) is 73.1 Å². The predicted molar refractivity (Wildman–Crippen MR) is 109 cm³/mol. The number of Topliss-reactive ketones (excluding diaryl/α,β-unsaturated/α-hetero) is 1. The number of aliphatic hydroxyl groups excluding tert-OH is 2. The number of hydrogen-bond acceptors (Lipinski definition) is 8. The van der Waals surface area contributed by atoms with Gasteiger partial charge in [-0.05, 0) is 50.7 Å². The smallest absolute Gasteiger partial charge is 0.264 e. The molecule has 176 valence electrons. The van der Waals surface area contributed by atoms with Gasteiger partial charge in [0.2, 0.25) is 0 Å². The zero-order valence-corrected chi connectivity index (χ0v) is 18.7. The summed E-state index contributed by atoms with van der Waals surface area (Å²) in [6.45, 7) is 0.966. The number of rotatable bonds is 4. The lowest BCUT2D eigenvalue weighted by Crippen LogP contribution is -2.77. The van der Waals surface area contributed by atoms with Gasteiger partial charge in [-0.3, -0.25) is 13.8 Å². The Morgan fingerprint density at radius 2 is 2.03 bits per heavy atom. The Kier molecular flexibility index (Phi) is 4.58. The van der Waals surface area contributed by atoms with Crippen molar-refractivity contribution < 1.29 is 41.5 Å². The van der Waals surface area contributed by atoms with Gasteiger partial charge in [0.25, 0.3) is 10.1 Å². The van der Waals surface area contributed by atoms with E-state index in [4.69, 9.17) is 4.74 Å². The molecule has 0 aromatic carbocycles. The fourth-order valence-electron chi connectivity index (χ4n) is 7.50. The first-order chi connectivity index (χ1) is 14.8. The summed E-state index contributed by atoms with van der Waals surface area (Å²) in [6, 6.07) is 0. The maximum Gasteiger partial charge on any atom is 0.264 e. The monoisotopic (exact) mass is 470 g/mol. The summed E-state index contributed by atoms with van der Waals surface area (Å²) < 4.78 is 50.1. The molecule has 4 fully saturated rings. The van der Waals surface area contributed by atoms with Crippen molar-refractivity contribution in [3.8, 4) is 0 Å². The van der Waals surface area contributed by atoms with Crippen LogP contribution in [0.1, 0.15) is 32.6 Å². The minimum atomic E-state index is -3.89. The normalized spacial score (nSPS) is 49.3. The predicted octanol–water partition coefficient (Wildman–Crippen LogP) is 0.622. The molecule has 8 nitrogen and oxygen atoms in total. The maximum absolute atomic E-state index is 17.0. The third-order valence-electron chi connectivity index (χ3n) is 8.92. The molecule has 5 rings (SSSR count). The van der Waals surface area contributed by atoms with Crippen LogP contribution in [-0.2, 0) is 28.6 Å². The highest BCUT2D eigenvalue weighted by atomic mass is 32.2. The van der Waals surface area contributed by atoms with Crippen LogP contribution in [0.3, 0.4) is 0 Å². The molecule has 5 aliphatic rings. The number of carbonyl (C=O) groups excluding carboxylic acids is 2. The van der Waals surface area contributed by atoms with E-state index in [-0.39, 0.29) is 25.2 Å². The quantitative estimate of drug-likeness (QED) is 0.573. The van der Waals surface area contributed by atoms with Crippen molar-refractivity contribution in [2.24, 2.45) is 22.7 Å². The van der Waals surface area contributed by atoms with E-state index in [1.807, 2.05) is 0 Å². The van der Waals surface area contributed by atoms with Gasteiger partial charge in [-0.25, -0.2) is 4.39 Å². The summed E-state index contributed by atoms with van der Waals surface area (Å²) in [4.78, 5) is 25.0. The van der Waals surface area contributed by atoms with Crippen LogP contribution in [0.4, 0.5) is 4.39 Å². The number of halogens is 1. The third-order valence-corrected chi connectivity index (χ3v) is 9.47. The van der Waals surface area contributed by atoms with Gasteiger partial charge in [0.1, 0.15) is 6.61 Å². The van der Waals surface area contributed by atoms with E-state index in [9.17, 15) is 28.2 Å². The van der Waals surface area contributed by atoms with E-state index in [1.165, 1.54) is 12.2 Å². The van der Waals surface area contributed by atoms with Gasteiger partial charge in [0.15, 0.2) is 22.8 Å². The molecule has 0 radical (unpaired) electrons. The third kappa shape index (κ3) is 2.47. The molecule has 0 unspecified atom stereocenters. The number of hydrogen-bond donors (Lipinski definition) is 2. The lowest BCUT2D eigenvalue weighted by atomic mass is 9.43. The number of carbonyl (C=O) groups is 2. The molecule has 3 saturated carbocycles. The summed E-state index contributed by atoms with van der Waals surface area (Å²) in [5, 5.41) is 22.2. The highest BCUT2D eigenvalue weighted by Crippen LogP contribution is 2.73. The van der Waals surface area contributed by atoms with Crippen molar-refractivity contribution in [2.45, 2.75) is 56.1 Å². The molecule has 10 heteroatoms. The molecule has 32 heavy (non-hydrogen) atoms.